The van der Waals surface area contributed by atoms with Gasteiger partial charge < -0.3 is 10.3 Å². The molecule has 86 valence electrons. The van der Waals surface area contributed by atoms with Crippen LogP contribution in [0.4, 0.5) is 0 Å². The molecule has 0 saturated heterocycles. The summed E-state index contributed by atoms with van der Waals surface area (Å²) < 4.78 is 0. The molecule has 15 heavy (non-hydrogen) atoms. The average molecular weight is 227 g/mol. The second-order valence-corrected chi connectivity index (χ2v) is 4.64. The zero-order valence-corrected chi connectivity index (χ0v) is 10.3. The smallest absolute Gasteiger partial charge is 0.165 e. The van der Waals surface area contributed by atoms with E-state index in [1.165, 1.54) is 25.7 Å². The zero-order valence-electron chi connectivity index (χ0n) is 9.46. The van der Waals surface area contributed by atoms with Gasteiger partial charge in [-0.25, -0.2) is 4.98 Å². The Bertz CT molecular complexity index is 224. The number of nitrogens with one attached hydrogen (secondary N) is 2. The monoisotopic (exact) mass is 227 g/mol. The number of hydrogen-bond donors (Lipinski definition) is 2. The van der Waals surface area contributed by atoms with Gasteiger partial charge in [0.15, 0.2) is 5.16 Å². The lowest BCUT2D eigenvalue weighted by Gasteiger charge is -2.02. The molecule has 0 aliphatic rings. The Hall–Kier alpha value is -0.480. The normalized spacial score (nSPS) is 10.7. The summed E-state index contributed by atoms with van der Waals surface area (Å²) >= 11 is 1.77. The summed E-state index contributed by atoms with van der Waals surface area (Å²) in [6.07, 6.45) is 8.99. The highest BCUT2D eigenvalue weighted by atomic mass is 32.2. The first kappa shape index (κ1) is 12.6. The molecule has 0 spiro atoms. The molecule has 4 heteroatoms. The summed E-state index contributed by atoms with van der Waals surface area (Å²) in [5, 5.41) is 4.46. The Morgan fingerprint density at radius 3 is 3.00 bits per heavy atom. The van der Waals surface area contributed by atoms with Crippen LogP contribution in [0.2, 0.25) is 0 Å². The molecule has 3 nitrogen and oxygen atoms in total. The van der Waals surface area contributed by atoms with E-state index in [1.807, 2.05) is 6.20 Å². The molecule has 0 aliphatic carbocycles. The predicted octanol–water partition coefficient (Wildman–Crippen LogP) is 2.67. The number of H-pyrrole nitrogens is 1. The molecule has 1 rings (SSSR count). The van der Waals surface area contributed by atoms with Crippen LogP contribution in [0.3, 0.4) is 0 Å². The van der Waals surface area contributed by atoms with Gasteiger partial charge in [0.1, 0.15) is 0 Å². The van der Waals surface area contributed by atoms with E-state index < -0.39 is 0 Å². The van der Waals surface area contributed by atoms with Gasteiger partial charge in [0.25, 0.3) is 0 Å². The van der Waals surface area contributed by atoms with E-state index in [4.69, 9.17) is 0 Å². The van der Waals surface area contributed by atoms with Crippen molar-refractivity contribution in [1.82, 2.24) is 15.3 Å². The quantitative estimate of drug-likeness (QED) is 0.503. The first-order valence-electron chi connectivity index (χ1n) is 5.76. The van der Waals surface area contributed by atoms with Crippen LogP contribution < -0.4 is 5.32 Å². The summed E-state index contributed by atoms with van der Waals surface area (Å²) in [6, 6.07) is 0. The van der Waals surface area contributed by atoms with Crippen molar-refractivity contribution in [2.75, 3.05) is 18.8 Å². The van der Waals surface area contributed by atoms with Gasteiger partial charge in [-0.2, -0.15) is 0 Å². The molecule has 0 bridgehead atoms. The number of nitrogens with zero attached hydrogens (tertiary/aromatic N) is 1. The van der Waals surface area contributed by atoms with Gasteiger partial charge in [-0.05, 0) is 13.0 Å². The van der Waals surface area contributed by atoms with Gasteiger partial charge in [0.05, 0.1) is 0 Å². The number of rotatable bonds is 9. The van der Waals surface area contributed by atoms with E-state index in [-0.39, 0.29) is 0 Å². The molecule has 0 radical (unpaired) electrons. The molecule has 0 aromatic carbocycles. The summed E-state index contributed by atoms with van der Waals surface area (Å²) in [7, 11) is 0. The fourth-order valence-electron chi connectivity index (χ4n) is 1.35. The number of thioether (sulfide) groups is 1. The molecule has 0 amide bonds. The van der Waals surface area contributed by atoms with Crippen LogP contribution in [0, 0.1) is 0 Å². The van der Waals surface area contributed by atoms with E-state index >= 15 is 0 Å². The predicted molar refractivity (Wildman–Crippen MR) is 66.3 cm³/mol. The molecule has 1 aromatic heterocycles. The molecule has 0 unspecified atom stereocenters. The van der Waals surface area contributed by atoms with Crippen molar-refractivity contribution in [3.63, 3.8) is 0 Å². The van der Waals surface area contributed by atoms with Crippen molar-refractivity contribution in [3.05, 3.63) is 12.4 Å². The highest BCUT2D eigenvalue weighted by molar-refractivity contribution is 7.99. The van der Waals surface area contributed by atoms with Gasteiger partial charge in [0, 0.05) is 24.7 Å². The van der Waals surface area contributed by atoms with Crippen molar-refractivity contribution < 1.29 is 0 Å². The highest BCUT2D eigenvalue weighted by Crippen LogP contribution is 2.09. The van der Waals surface area contributed by atoms with E-state index in [9.17, 15) is 0 Å². The fraction of sp³-hybridized carbons (Fsp3) is 0.727. The Labute approximate surface area is 96.5 Å². The molecule has 2 N–H and O–H groups in total. The van der Waals surface area contributed by atoms with Gasteiger partial charge in [0.2, 0.25) is 0 Å². The molecule has 0 aliphatic heterocycles. The standard InChI is InChI=1S/C11H21N3S/c1-2-3-4-5-6-12-9-10-15-11-13-7-8-14-11/h7-8,12H,2-6,9-10H2,1H3,(H,13,14). The van der Waals surface area contributed by atoms with Crippen LogP contribution in [0.25, 0.3) is 0 Å². The van der Waals surface area contributed by atoms with Crippen LogP contribution in [0.5, 0.6) is 0 Å². The van der Waals surface area contributed by atoms with E-state index in [0.29, 0.717) is 0 Å². The Morgan fingerprint density at radius 2 is 2.27 bits per heavy atom. The van der Waals surface area contributed by atoms with Crippen molar-refractivity contribution in [2.24, 2.45) is 0 Å². The van der Waals surface area contributed by atoms with Crippen molar-refractivity contribution >= 4 is 11.8 Å². The van der Waals surface area contributed by atoms with Gasteiger partial charge in [-0.1, -0.05) is 37.9 Å². The maximum atomic E-state index is 4.15. The fourth-order valence-corrected chi connectivity index (χ4v) is 2.08. The summed E-state index contributed by atoms with van der Waals surface area (Å²) in [4.78, 5) is 7.23. The lowest BCUT2D eigenvalue weighted by atomic mass is 10.2. The van der Waals surface area contributed by atoms with Gasteiger partial charge in [-0.15, -0.1) is 0 Å². The third-order valence-electron chi connectivity index (χ3n) is 2.20. The third-order valence-corrected chi connectivity index (χ3v) is 3.10. The Kier molecular flexibility index (Phi) is 7.38. The topological polar surface area (TPSA) is 40.7 Å². The molecular formula is C11H21N3S. The second kappa shape index (κ2) is 8.80. The van der Waals surface area contributed by atoms with Crippen LogP contribution in [0.15, 0.2) is 17.6 Å². The van der Waals surface area contributed by atoms with Gasteiger partial charge in [-0.3, -0.25) is 0 Å². The SMILES string of the molecule is CCCCCCNCCSc1ncc[nH]1. The lowest BCUT2D eigenvalue weighted by Crippen LogP contribution is -2.18. The van der Waals surface area contributed by atoms with Gasteiger partial charge >= 0.3 is 0 Å². The summed E-state index contributed by atoms with van der Waals surface area (Å²) in [5.74, 6) is 1.08. The number of aromatic nitrogens is 2. The first-order chi connectivity index (χ1) is 7.43. The Balaban J connectivity index is 1.81. The van der Waals surface area contributed by atoms with Crippen molar-refractivity contribution in [2.45, 2.75) is 37.8 Å². The summed E-state index contributed by atoms with van der Waals surface area (Å²) in [6.45, 7) is 4.46. The molecular weight excluding hydrogens is 206 g/mol. The maximum Gasteiger partial charge on any atom is 0.165 e. The third kappa shape index (κ3) is 6.57. The number of unbranched alkanes of at least 4 members (excludes halogenated alkanes) is 3. The van der Waals surface area contributed by atoms with E-state index in [2.05, 4.69) is 22.2 Å². The molecule has 0 fully saturated rings. The van der Waals surface area contributed by atoms with Crippen molar-refractivity contribution in [1.29, 1.82) is 0 Å². The van der Waals surface area contributed by atoms with Crippen LogP contribution in [0.1, 0.15) is 32.6 Å². The minimum Gasteiger partial charge on any atom is -0.340 e. The Morgan fingerprint density at radius 1 is 1.33 bits per heavy atom. The highest BCUT2D eigenvalue weighted by Gasteiger charge is 1.94. The van der Waals surface area contributed by atoms with E-state index in [0.717, 1.165) is 24.0 Å². The minimum absolute atomic E-state index is 1.02. The lowest BCUT2D eigenvalue weighted by molar-refractivity contribution is 0.612. The largest absolute Gasteiger partial charge is 0.340 e. The van der Waals surface area contributed by atoms with Crippen LogP contribution >= 0.6 is 11.8 Å². The van der Waals surface area contributed by atoms with Crippen LogP contribution in [-0.4, -0.2) is 28.8 Å². The summed E-state index contributed by atoms with van der Waals surface area (Å²) in [5.41, 5.74) is 0. The van der Waals surface area contributed by atoms with Crippen LogP contribution in [-0.2, 0) is 0 Å². The first-order valence-corrected chi connectivity index (χ1v) is 6.75. The number of hydrogen-bond acceptors (Lipinski definition) is 3. The second-order valence-electron chi connectivity index (χ2n) is 3.55. The van der Waals surface area contributed by atoms with E-state index in [1.54, 1.807) is 18.0 Å². The molecule has 1 aromatic rings. The minimum atomic E-state index is 1.02. The van der Waals surface area contributed by atoms with Crippen molar-refractivity contribution in [3.8, 4) is 0 Å². The maximum absolute atomic E-state index is 4.15. The average Bonchev–Trinajstić information content (AvgIpc) is 2.75. The molecule has 0 saturated carbocycles. The number of imidazole rings is 1. The number of aromatic amines is 1. The zero-order chi connectivity index (χ0) is 10.8. The molecule has 0 atom stereocenters. The molecule has 1 heterocycles.